The zero-order chi connectivity index (χ0) is 22.3. The molecule has 0 saturated carbocycles. The lowest BCUT2D eigenvalue weighted by Gasteiger charge is -2.49. The van der Waals surface area contributed by atoms with Crippen LogP contribution >= 0.6 is 0 Å². The predicted molar refractivity (Wildman–Crippen MR) is 123 cm³/mol. The summed E-state index contributed by atoms with van der Waals surface area (Å²) >= 11 is 0. The van der Waals surface area contributed by atoms with Crippen molar-refractivity contribution in [3.8, 4) is 23.4 Å². The molecule has 5 rings (SSSR count). The van der Waals surface area contributed by atoms with Crippen LogP contribution in [0.25, 0.3) is 33.2 Å². The van der Waals surface area contributed by atoms with Gasteiger partial charge in [0.05, 0.1) is 47.2 Å². The van der Waals surface area contributed by atoms with E-state index in [4.69, 9.17) is 0 Å². The largest absolute Gasteiger partial charge is 0.346 e. The van der Waals surface area contributed by atoms with Gasteiger partial charge in [0.1, 0.15) is 12.0 Å². The first kappa shape index (κ1) is 20.4. The third-order valence-electron chi connectivity index (χ3n) is 6.16. The highest BCUT2D eigenvalue weighted by Gasteiger charge is 2.47. The Morgan fingerprint density at radius 2 is 2.03 bits per heavy atom. The maximum atomic E-state index is 12.4. The van der Waals surface area contributed by atoms with Crippen molar-refractivity contribution in [3.63, 3.8) is 0 Å². The van der Waals surface area contributed by atoms with Crippen molar-refractivity contribution in [2.45, 2.75) is 25.3 Å². The molecule has 1 aliphatic rings. The highest BCUT2D eigenvalue weighted by atomic mass is 32.2. The molecule has 1 aliphatic heterocycles. The molecule has 8 nitrogen and oxygen atoms in total. The third kappa shape index (κ3) is 3.10. The summed E-state index contributed by atoms with van der Waals surface area (Å²) in [6.07, 6.45) is 6.05. The van der Waals surface area contributed by atoms with Crippen molar-refractivity contribution in [1.29, 1.82) is 10.5 Å². The number of nitrogens with one attached hydrogen (secondary N) is 1. The van der Waals surface area contributed by atoms with Crippen LogP contribution in [0, 0.1) is 22.7 Å². The summed E-state index contributed by atoms with van der Waals surface area (Å²) in [4.78, 5) is 12.0. The fourth-order valence-corrected chi connectivity index (χ4v) is 5.71. The lowest BCUT2D eigenvalue weighted by atomic mass is 9.88. The molecule has 160 valence electrons. The Morgan fingerprint density at radius 1 is 1.19 bits per heavy atom. The standard InChI is InChI=1S/C23H21N7OS/c1-2-32(31)29-13-23(14-29,7-9-25)30-12-19(17-4-3-16(5-8-24)11-20(17)30)21-18-6-10-26-22(18)28-15-27-21/h3-4,6,10-12,15H,2,5,7,13-14H2,1H3,(H,26,27,28). The second-order valence-corrected chi connectivity index (χ2v) is 9.77. The quantitative estimate of drug-likeness (QED) is 0.491. The lowest BCUT2D eigenvalue weighted by Crippen LogP contribution is -2.62. The molecule has 1 N–H and O–H groups in total. The van der Waals surface area contributed by atoms with Gasteiger partial charge in [-0.1, -0.05) is 19.1 Å². The summed E-state index contributed by atoms with van der Waals surface area (Å²) in [5, 5.41) is 20.8. The summed E-state index contributed by atoms with van der Waals surface area (Å²) in [5.41, 5.74) is 3.91. The Morgan fingerprint density at radius 3 is 2.78 bits per heavy atom. The van der Waals surface area contributed by atoms with Crippen LogP contribution in [0.5, 0.6) is 0 Å². The average molecular weight is 444 g/mol. The number of fused-ring (bicyclic) bond motifs is 2. The van der Waals surface area contributed by atoms with E-state index in [1.165, 1.54) is 0 Å². The SMILES string of the molecule is CCS(=O)N1CC(CC#N)(n2cc(-c3ncnc4[nH]ccc34)c3ccc(CC#N)cc32)C1. The molecular formula is C23H21N7OS. The van der Waals surface area contributed by atoms with Gasteiger partial charge < -0.3 is 9.55 Å². The molecule has 0 amide bonds. The van der Waals surface area contributed by atoms with Crippen LogP contribution in [0.15, 0.2) is 43.0 Å². The van der Waals surface area contributed by atoms with E-state index in [0.717, 1.165) is 38.8 Å². The van der Waals surface area contributed by atoms with E-state index >= 15 is 0 Å². The van der Waals surface area contributed by atoms with E-state index in [9.17, 15) is 14.7 Å². The molecule has 3 aromatic heterocycles. The number of hydrogen-bond donors (Lipinski definition) is 1. The molecule has 1 fully saturated rings. The topological polar surface area (TPSA) is 114 Å². The van der Waals surface area contributed by atoms with Crippen LogP contribution in [0.4, 0.5) is 0 Å². The summed E-state index contributed by atoms with van der Waals surface area (Å²) < 4.78 is 16.4. The number of rotatable bonds is 6. The van der Waals surface area contributed by atoms with Crippen molar-refractivity contribution in [3.05, 3.63) is 48.5 Å². The third-order valence-corrected chi connectivity index (χ3v) is 7.49. The summed E-state index contributed by atoms with van der Waals surface area (Å²) in [5.74, 6) is 0.555. The van der Waals surface area contributed by atoms with Crippen LogP contribution in [-0.2, 0) is 22.9 Å². The van der Waals surface area contributed by atoms with Crippen LogP contribution < -0.4 is 0 Å². The molecule has 32 heavy (non-hydrogen) atoms. The number of aromatic amines is 1. The lowest BCUT2D eigenvalue weighted by molar-refractivity contribution is 0.0945. The van der Waals surface area contributed by atoms with E-state index in [1.807, 2.05) is 41.7 Å². The smallest absolute Gasteiger partial charge is 0.141 e. The van der Waals surface area contributed by atoms with E-state index in [0.29, 0.717) is 31.7 Å². The van der Waals surface area contributed by atoms with Gasteiger partial charge in [-0.25, -0.2) is 18.5 Å². The molecule has 4 aromatic rings. The summed E-state index contributed by atoms with van der Waals surface area (Å²) in [6, 6.07) is 12.5. The number of aromatic nitrogens is 4. The number of nitriles is 2. The Labute approximate surface area is 187 Å². The maximum Gasteiger partial charge on any atom is 0.141 e. The fraction of sp³-hybridized carbons (Fsp3) is 0.304. The first-order chi connectivity index (χ1) is 15.6. The second-order valence-electron chi connectivity index (χ2n) is 8.03. The number of nitrogens with zero attached hydrogens (tertiary/aromatic N) is 6. The van der Waals surface area contributed by atoms with E-state index in [-0.39, 0.29) is 0 Å². The molecule has 0 aliphatic carbocycles. The number of benzene rings is 1. The van der Waals surface area contributed by atoms with Gasteiger partial charge in [-0.3, -0.25) is 0 Å². The Balaban J connectivity index is 1.73. The van der Waals surface area contributed by atoms with Crippen molar-refractivity contribution in [2.24, 2.45) is 0 Å². The van der Waals surface area contributed by atoms with Crippen molar-refractivity contribution >= 4 is 32.9 Å². The molecule has 1 unspecified atom stereocenters. The molecule has 9 heteroatoms. The van der Waals surface area contributed by atoms with Crippen molar-refractivity contribution in [2.75, 3.05) is 18.8 Å². The molecule has 4 heterocycles. The summed E-state index contributed by atoms with van der Waals surface area (Å²) in [6.45, 7) is 2.97. The zero-order valence-electron chi connectivity index (χ0n) is 17.6. The predicted octanol–water partition coefficient (Wildman–Crippen LogP) is 3.25. The van der Waals surface area contributed by atoms with Gasteiger partial charge in [-0.2, -0.15) is 10.5 Å². The van der Waals surface area contributed by atoms with Crippen LogP contribution in [0.3, 0.4) is 0 Å². The van der Waals surface area contributed by atoms with Gasteiger partial charge in [0.2, 0.25) is 0 Å². The molecule has 1 aromatic carbocycles. The zero-order valence-corrected chi connectivity index (χ0v) is 18.4. The Kier molecular flexibility index (Phi) is 5.01. The van der Waals surface area contributed by atoms with E-state index in [2.05, 4.69) is 37.9 Å². The van der Waals surface area contributed by atoms with Gasteiger partial charge in [-0.05, 0) is 17.7 Å². The minimum Gasteiger partial charge on any atom is -0.346 e. The first-order valence-corrected chi connectivity index (χ1v) is 11.7. The van der Waals surface area contributed by atoms with Gasteiger partial charge in [0, 0.05) is 53.1 Å². The Hall–Kier alpha value is -3.53. The highest BCUT2D eigenvalue weighted by molar-refractivity contribution is 7.82. The molecule has 0 spiro atoms. The molecule has 0 bridgehead atoms. The molecule has 1 atom stereocenters. The molecular weight excluding hydrogens is 422 g/mol. The van der Waals surface area contributed by atoms with Crippen LogP contribution in [0.1, 0.15) is 18.9 Å². The van der Waals surface area contributed by atoms with Gasteiger partial charge in [-0.15, -0.1) is 0 Å². The highest BCUT2D eigenvalue weighted by Crippen LogP contribution is 2.41. The minimum atomic E-state index is -1.05. The summed E-state index contributed by atoms with van der Waals surface area (Å²) in [7, 11) is -1.05. The maximum absolute atomic E-state index is 12.4. The average Bonchev–Trinajstić information content (AvgIpc) is 3.40. The van der Waals surface area contributed by atoms with Gasteiger partial charge in [0.25, 0.3) is 0 Å². The van der Waals surface area contributed by atoms with Crippen molar-refractivity contribution in [1.82, 2.24) is 23.8 Å². The van der Waals surface area contributed by atoms with E-state index in [1.54, 1.807) is 6.33 Å². The minimum absolute atomic E-state index is 0.305. The first-order valence-electron chi connectivity index (χ1n) is 10.4. The van der Waals surface area contributed by atoms with Crippen molar-refractivity contribution < 1.29 is 4.21 Å². The number of H-pyrrole nitrogens is 1. The van der Waals surface area contributed by atoms with Gasteiger partial charge >= 0.3 is 0 Å². The molecule has 0 radical (unpaired) electrons. The van der Waals surface area contributed by atoms with Crippen LogP contribution in [0.2, 0.25) is 0 Å². The normalized spacial score (nSPS) is 16.5. The van der Waals surface area contributed by atoms with E-state index < -0.39 is 16.5 Å². The second kappa shape index (κ2) is 7.86. The van der Waals surface area contributed by atoms with Gasteiger partial charge in [0.15, 0.2) is 0 Å². The fourth-order valence-electron chi connectivity index (χ4n) is 4.58. The Bertz CT molecular complexity index is 1430. The monoisotopic (exact) mass is 443 g/mol. The number of hydrogen-bond acceptors (Lipinski definition) is 5. The molecule has 1 saturated heterocycles. The van der Waals surface area contributed by atoms with Crippen LogP contribution in [-0.4, -0.2) is 46.9 Å².